The number of halogens is 1. The van der Waals surface area contributed by atoms with Crippen LogP contribution in [0, 0.1) is 5.82 Å². The molecule has 23 heavy (non-hydrogen) atoms. The zero-order valence-electron chi connectivity index (χ0n) is 13.1. The molecule has 2 aromatic rings. The van der Waals surface area contributed by atoms with Gasteiger partial charge >= 0.3 is 5.97 Å². The van der Waals surface area contributed by atoms with Crippen LogP contribution in [0.3, 0.4) is 0 Å². The number of hydrogen-bond acceptors (Lipinski definition) is 5. The second kappa shape index (κ2) is 5.04. The Kier molecular flexibility index (Phi) is 3.39. The summed E-state index contributed by atoms with van der Waals surface area (Å²) in [4.78, 5) is 28.5. The largest absolute Gasteiger partial charge is 0.491 e. The van der Waals surface area contributed by atoms with Crippen LogP contribution in [0.5, 0.6) is 5.88 Å². The summed E-state index contributed by atoms with van der Waals surface area (Å²) in [5, 5.41) is 9.47. The highest BCUT2D eigenvalue weighted by atomic mass is 19.1. The summed E-state index contributed by atoms with van der Waals surface area (Å²) in [5.41, 5.74) is -0.817. The summed E-state index contributed by atoms with van der Waals surface area (Å²) in [6.45, 7) is 5.10. The number of aromatic hydroxyl groups is 1. The standard InChI is InChI=1S/C16H17FN2O4/c1-16(2,3)23-15(22)10-6-9(8-4-5-8)12-18-13(20)11(17)7-19(12)14(10)21/h6-8H,4-5H2,1-3H3,(H,18,20). The molecule has 6 nitrogen and oxygen atoms in total. The summed E-state index contributed by atoms with van der Waals surface area (Å²) in [6, 6.07) is 1.45. The first-order valence-corrected chi connectivity index (χ1v) is 7.35. The molecule has 0 spiro atoms. The molecule has 0 amide bonds. The lowest BCUT2D eigenvalue weighted by Gasteiger charge is -2.19. The van der Waals surface area contributed by atoms with Gasteiger partial charge in [0.15, 0.2) is 0 Å². The van der Waals surface area contributed by atoms with Gasteiger partial charge in [0.05, 0.1) is 6.20 Å². The van der Waals surface area contributed by atoms with Gasteiger partial charge in [0.2, 0.25) is 5.82 Å². The summed E-state index contributed by atoms with van der Waals surface area (Å²) in [5.74, 6) is -2.41. The average molecular weight is 320 g/mol. The van der Waals surface area contributed by atoms with E-state index in [-0.39, 0.29) is 17.1 Å². The van der Waals surface area contributed by atoms with E-state index >= 15 is 0 Å². The first kappa shape index (κ1) is 15.5. The van der Waals surface area contributed by atoms with Gasteiger partial charge in [-0.25, -0.2) is 4.79 Å². The molecule has 0 radical (unpaired) electrons. The Morgan fingerprint density at radius 3 is 2.65 bits per heavy atom. The molecule has 1 aliphatic rings. The molecule has 122 valence electrons. The summed E-state index contributed by atoms with van der Waals surface area (Å²) >= 11 is 0. The molecule has 0 atom stereocenters. The van der Waals surface area contributed by atoms with Crippen molar-refractivity contribution in [2.75, 3.05) is 0 Å². The summed E-state index contributed by atoms with van der Waals surface area (Å²) < 4.78 is 19.8. The minimum absolute atomic E-state index is 0.143. The van der Waals surface area contributed by atoms with Crippen LogP contribution in [0.25, 0.3) is 5.65 Å². The number of rotatable bonds is 2. The monoisotopic (exact) mass is 320 g/mol. The zero-order valence-corrected chi connectivity index (χ0v) is 13.1. The van der Waals surface area contributed by atoms with Crippen molar-refractivity contribution in [3.05, 3.63) is 39.6 Å². The van der Waals surface area contributed by atoms with Crippen LogP contribution in [0.4, 0.5) is 4.39 Å². The third kappa shape index (κ3) is 2.91. The van der Waals surface area contributed by atoms with Crippen molar-refractivity contribution in [2.45, 2.75) is 45.1 Å². The molecule has 0 bridgehead atoms. The molecule has 3 rings (SSSR count). The van der Waals surface area contributed by atoms with Crippen LogP contribution in [-0.2, 0) is 4.74 Å². The topological polar surface area (TPSA) is 80.9 Å². The van der Waals surface area contributed by atoms with Crippen molar-refractivity contribution >= 4 is 11.6 Å². The molecule has 1 fully saturated rings. The first-order valence-electron chi connectivity index (χ1n) is 7.35. The summed E-state index contributed by atoms with van der Waals surface area (Å²) in [7, 11) is 0. The highest BCUT2D eigenvalue weighted by Crippen LogP contribution is 2.41. The molecule has 1 N–H and O–H groups in total. The smallest absolute Gasteiger partial charge is 0.344 e. The fraction of sp³-hybridized carbons (Fsp3) is 0.438. The highest BCUT2D eigenvalue weighted by molar-refractivity contribution is 5.90. The number of hydrogen-bond donors (Lipinski definition) is 1. The summed E-state index contributed by atoms with van der Waals surface area (Å²) in [6.07, 6.45) is 2.63. The molecular formula is C16H17FN2O4. The maximum absolute atomic E-state index is 13.6. The van der Waals surface area contributed by atoms with Gasteiger partial charge in [-0.15, -0.1) is 0 Å². The Balaban J connectivity index is 2.24. The fourth-order valence-electron chi connectivity index (χ4n) is 2.38. The van der Waals surface area contributed by atoms with E-state index in [1.54, 1.807) is 20.8 Å². The molecule has 2 heterocycles. The van der Waals surface area contributed by atoms with Gasteiger partial charge in [-0.1, -0.05) is 0 Å². The van der Waals surface area contributed by atoms with E-state index < -0.39 is 28.8 Å². The van der Waals surface area contributed by atoms with E-state index in [4.69, 9.17) is 4.74 Å². The second-order valence-corrected chi connectivity index (χ2v) is 6.70. The Morgan fingerprint density at radius 1 is 1.43 bits per heavy atom. The first-order chi connectivity index (χ1) is 10.7. The molecule has 7 heteroatoms. The van der Waals surface area contributed by atoms with Crippen molar-refractivity contribution < 1.29 is 19.0 Å². The maximum atomic E-state index is 13.6. The minimum Gasteiger partial charge on any atom is -0.491 e. The van der Waals surface area contributed by atoms with Gasteiger partial charge in [0.25, 0.3) is 11.4 Å². The highest BCUT2D eigenvalue weighted by Gasteiger charge is 2.30. The number of esters is 1. The number of nitrogens with zero attached hydrogens (tertiary/aromatic N) is 2. The predicted octanol–water partition coefficient (Wildman–Crippen LogP) is 2.37. The predicted molar refractivity (Wildman–Crippen MR) is 80.2 cm³/mol. The Bertz CT molecular complexity index is 863. The van der Waals surface area contributed by atoms with E-state index in [9.17, 15) is 19.1 Å². The number of aromatic nitrogens is 2. The van der Waals surface area contributed by atoms with Crippen molar-refractivity contribution in [3.63, 3.8) is 0 Å². The fourth-order valence-corrected chi connectivity index (χ4v) is 2.38. The van der Waals surface area contributed by atoms with E-state index in [1.807, 2.05) is 0 Å². The van der Waals surface area contributed by atoms with E-state index in [2.05, 4.69) is 4.98 Å². The molecule has 2 aromatic heterocycles. The maximum Gasteiger partial charge on any atom is 0.344 e. The number of pyridine rings is 1. The van der Waals surface area contributed by atoms with Crippen molar-refractivity contribution in [3.8, 4) is 5.88 Å². The Hall–Kier alpha value is -2.44. The Labute approximate surface area is 131 Å². The molecule has 0 unspecified atom stereocenters. The van der Waals surface area contributed by atoms with Crippen LogP contribution >= 0.6 is 0 Å². The quantitative estimate of drug-likeness (QED) is 0.859. The van der Waals surface area contributed by atoms with E-state index in [0.717, 1.165) is 23.4 Å². The SMILES string of the molecule is CC(C)(C)OC(=O)c1cc(C2CC2)c2nc(O)c(F)cn2c1=O. The zero-order chi connectivity index (χ0) is 16.9. The molecule has 0 aromatic carbocycles. The minimum atomic E-state index is -1.03. The van der Waals surface area contributed by atoms with Gasteiger partial charge in [-0.3, -0.25) is 9.20 Å². The van der Waals surface area contributed by atoms with Gasteiger partial charge in [0.1, 0.15) is 16.8 Å². The third-order valence-electron chi connectivity index (χ3n) is 3.54. The number of carbonyl (C=O) groups is 1. The van der Waals surface area contributed by atoms with Crippen molar-refractivity contribution in [2.24, 2.45) is 0 Å². The molecule has 0 saturated heterocycles. The average Bonchev–Trinajstić information content (AvgIpc) is 3.24. The van der Waals surface area contributed by atoms with Gasteiger partial charge in [-0.2, -0.15) is 9.37 Å². The van der Waals surface area contributed by atoms with Gasteiger partial charge < -0.3 is 9.84 Å². The van der Waals surface area contributed by atoms with Crippen LogP contribution < -0.4 is 5.56 Å². The molecule has 0 aliphatic heterocycles. The Morgan fingerprint density at radius 2 is 2.09 bits per heavy atom. The third-order valence-corrected chi connectivity index (χ3v) is 3.54. The van der Waals surface area contributed by atoms with Crippen LogP contribution in [0.1, 0.15) is 55.5 Å². The van der Waals surface area contributed by atoms with E-state index in [0.29, 0.717) is 5.56 Å². The number of fused-ring (bicyclic) bond motifs is 1. The number of ether oxygens (including phenoxy) is 1. The lowest BCUT2D eigenvalue weighted by Crippen LogP contribution is -2.30. The van der Waals surface area contributed by atoms with Crippen LogP contribution in [0.2, 0.25) is 0 Å². The normalized spacial score (nSPS) is 15.0. The van der Waals surface area contributed by atoms with Crippen LogP contribution in [-0.4, -0.2) is 26.1 Å². The second-order valence-electron chi connectivity index (χ2n) is 6.70. The molecule has 1 saturated carbocycles. The van der Waals surface area contributed by atoms with Crippen molar-refractivity contribution in [1.82, 2.24) is 9.38 Å². The lowest BCUT2D eigenvalue weighted by molar-refractivity contribution is 0.00672. The van der Waals surface area contributed by atoms with Gasteiger partial charge in [-0.05, 0) is 51.2 Å². The van der Waals surface area contributed by atoms with Gasteiger partial charge in [0, 0.05) is 0 Å². The molecular weight excluding hydrogens is 303 g/mol. The van der Waals surface area contributed by atoms with Crippen LogP contribution in [0.15, 0.2) is 17.1 Å². The van der Waals surface area contributed by atoms with Crippen molar-refractivity contribution in [1.29, 1.82) is 0 Å². The number of carbonyl (C=O) groups excluding carboxylic acids is 1. The molecule has 1 aliphatic carbocycles. The van der Waals surface area contributed by atoms with E-state index in [1.165, 1.54) is 6.07 Å². The lowest BCUT2D eigenvalue weighted by atomic mass is 10.1.